The van der Waals surface area contributed by atoms with E-state index in [9.17, 15) is 13.2 Å². The molecular formula is C10H10F3N3. The molecule has 0 spiro atoms. The SMILES string of the molecule is Cc1ccc(N2C=CC(C(F)(F)F)N2)nc1. The number of hydrogen-bond acceptors (Lipinski definition) is 3. The number of anilines is 1. The molecule has 0 aliphatic carbocycles. The van der Waals surface area contributed by atoms with E-state index in [0.717, 1.165) is 11.6 Å². The van der Waals surface area contributed by atoms with Crippen molar-refractivity contribution in [3.05, 3.63) is 36.2 Å². The van der Waals surface area contributed by atoms with Gasteiger partial charge in [0.15, 0.2) is 0 Å². The van der Waals surface area contributed by atoms with Crippen molar-refractivity contribution in [2.75, 3.05) is 5.01 Å². The fourth-order valence-corrected chi connectivity index (χ4v) is 1.34. The Hall–Kier alpha value is -1.56. The van der Waals surface area contributed by atoms with E-state index in [1.807, 2.05) is 6.92 Å². The van der Waals surface area contributed by atoms with E-state index in [2.05, 4.69) is 10.4 Å². The Morgan fingerprint density at radius 1 is 1.38 bits per heavy atom. The zero-order valence-electron chi connectivity index (χ0n) is 8.49. The van der Waals surface area contributed by atoms with Crippen LogP contribution in [0.2, 0.25) is 0 Å². The summed E-state index contributed by atoms with van der Waals surface area (Å²) in [5, 5.41) is 1.26. The number of alkyl halides is 3. The molecule has 6 heteroatoms. The minimum Gasteiger partial charge on any atom is -0.266 e. The van der Waals surface area contributed by atoms with E-state index >= 15 is 0 Å². The molecule has 1 aliphatic heterocycles. The van der Waals surface area contributed by atoms with Crippen LogP contribution in [-0.4, -0.2) is 17.2 Å². The molecule has 0 saturated heterocycles. The third-order valence-corrected chi connectivity index (χ3v) is 2.20. The highest BCUT2D eigenvalue weighted by Gasteiger charge is 2.41. The van der Waals surface area contributed by atoms with E-state index in [1.165, 1.54) is 11.2 Å². The van der Waals surface area contributed by atoms with Gasteiger partial charge in [0.2, 0.25) is 0 Å². The van der Waals surface area contributed by atoms with Gasteiger partial charge in [-0.05, 0) is 24.6 Å². The number of aryl methyl sites for hydroxylation is 1. The zero-order valence-corrected chi connectivity index (χ0v) is 8.49. The van der Waals surface area contributed by atoms with Crippen molar-refractivity contribution in [2.45, 2.75) is 19.1 Å². The summed E-state index contributed by atoms with van der Waals surface area (Å²) in [6.45, 7) is 1.86. The molecule has 1 atom stereocenters. The van der Waals surface area contributed by atoms with Crippen LogP contribution in [-0.2, 0) is 0 Å². The van der Waals surface area contributed by atoms with Crippen LogP contribution in [0.5, 0.6) is 0 Å². The number of aromatic nitrogens is 1. The second-order valence-electron chi connectivity index (χ2n) is 3.55. The molecule has 0 saturated carbocycles. The van der Waals surface area contributed by atoms with Gasteiger partial charge in [-0.15, -0.1) is 0 Å². The van der Waals surface area contributed by atoms with Crippen LogP contribution in [0.3, 0.4) is 0 Å². The predicted octanol–water partition coefficient (Wildman–Crippen LogP) is 2.16. The number of halogens is 3. The zero-order chi connectivity index (χ0) is 11.8. The summed E-state index contributed by atoms with van der Waals surface area (Å²) in [5.41, 5.74) is 3.26. The van der Waals surface area contributed by atoms with Gasteiger partial charge in [0.25, 0.3) is 0 Å². The maximum absolute atomic E-state index is 12.4. The minimum absolute atomic E-state index is 0.439. The van der Waals surface area contributed by atoms with Crippen LogP contribution in [0.4, 0.5) is 19.0 Å². The first-order valence-electron chi connectivity index (χ1n) is 4.70. The maximum atomic E-state index is 12.4. The molecule has 1 aromatic rings. The van der Waals surface area contributed by atoms with Gasteiger partial charge in [-0.25, -0.2) is 10.4 Å². The second-order valence-corrected chi connectivity index (χ2v) is 3.55. The van der Waals surface area contributed by atoms with E-state index in [4.69, 9.17) is 0 Å². The number of nitrogens with one attached hydrogen (secondary N) is 1. The number of nitrogens with zero attached hydrogens (tertiary/aromatic N) is 2. The Morgan fingerprint density at radius 2 is 2.12 bits per heavy atom. The largest absolute Gasteiger partial charge is 0.409 e. The Bertz CT molecular complexity index is 397. The molecule has 0 fully saturated rings. The van der Waals surface area contributed by atoms with Crippen LogP contribution < -0.4 is 10.4 Å². The molecular weight excluding hydrogens is 219 g/mol. The molecule has 1 N–H and O–H groups in total. The van der Waals surface area contributed by atoms with E-state index < -0.39 is 12.2 Å². The second kappa shape index (κ2) is 3.79. The predicted molar refractivity (Wildman–Crippen MR) is 53.6 cm³/mol. The topological polar surface area (TPSA) is 28.2 Å². The van der Waals surface area contributed by atoms with E-state index in [-0.39, 0.29) is 0 Å². The van der Waals surface area contributed by atoms with Gasteiger partial charge in [0.05, 0.1) is 0 Å². The van der Waals surface area contributed by atoms with E-state index in [1.54, 1.807) is 18.3 Å². The molecule has 2 rings (SSSR count). The van der Waals surface area contributed by atoms with Gasteiger partial charge in [-0.3, -0.25) is 5.01 Å². The van der Waals surface area contributed by atoms with Crippen LogP contribution in [0, 0.1) is 6.92 Å². The number of pyridine rings is 1. The monoisotopic (exact) mass is 229 g/mol. The van der Waals surface area contributed by atoms with Crippen molar-refractivity contribution in [1.29, 1.82) is 0 Å². The minimum atomic E-state index is -4.28. The van der Waals surface area contributed by atoms with Crippen molar-refractivity contribution in [1.82, 2.24) is 10.4 Å². The Labute approximate surface area is 90.6 Å². The third-order valence-electron chi connectivity index (χ3n) is 2.20. The van der Waals surface area contributed by atoms with Crippen molar-refractivity contribution in [3.8, 4) is 0 Å². The lowest BCUT2D eigenvalue weighted by Crippen LogP contribution is -2.44. The molecule has 0 aromatic carbocycles. The number of hydrogen-bond donors (Lipinski definition) is 1. The van der Waals surface area contributed by atoms with Gasteiger partial charge in [0, 0.05) is 12.4 Å². The van der Waals surface area contributed by atoms with Crippen LogP contribution in [0.25, 0.3) is 0 Å². The molecule has 1 unspecified atom stereocenters. The molecule has 0 amide bonds. The summed E-state index contributed by atoms with van der Waals surface area (Å²) >= 11 is 0. The van der Waals surface area contributed by atoms with Crippen molar-refractivity contribution < 1.29 is 13.2 Å². The molecule has 1 aliphatic rings. The van der Waals surface area contributed by atoms with Gasteiger partial charge in [-0.2, -0.15) is 13.2 Å². The summed E-state index contributed by atoms with van der Waals surface area (Å²) in [5.74, 6) is 0.439. The smallest absolute Gasteiger partial charge is 0.266 e. The average molecular weight is 229 g/mol. The lowest BCUT2D eigenvalue weighted by Gasteiger charge is -2.20. The Balaban J connectivity index is 2.10. The quantitative estimate of drug-likeness (QED) is 0.799. The fourth-order valence-electron chi connectivity index (χ4n) is 1.34. The Morgan fingerprint density at radius 3 is 2.62 bits per heavy atom. The van der Waals surface area contributed by atoms with Gasteiger partial charge >= 0.3 is 6.18 Å². The van der Waals surface area contributed by atoms with Crippen molar-refractivity contribution in [2.24, 2.45) is 0 Å². The Kier molecular flexibility index (Phi) is 2.59. The summed E-state index contributed by atoms with van der Waals surface area (Å²) in [6, 6.07) is 1.81. The molecule has 0 bridgehead atoms. The normalized spacial score (nSPS) is 20.5. The lowest BCUT2D eigenvalue weighted by molar-refractivity contribution is -0.142. The average Bonchev–Trinajstić information content (AvgIpc) is 2.67. The van der Waals surface area contributed by atoms with Gasteiger partial charge in [0.1, 0.15) is 11.9 Å². The molecule has 16 heavy (non-hydrogen) atoms. The fraction of sp³-hybridized carbons (Fsp3) is 0.300. The first kappa shape index (κ1) is 10.9. The first-order chi connectivity index (χ1) is 7.47. The van der Waals surface area contributed by atoms with Crippen LogP contribution in [0.15, 0.2) is 30.6 Å². The standard InChI is InChI=1S/C10H10F3N3/c1-7-2-3-9(14-6-7)16-5-4-8(15-16)10(11,12)13/h2-6,8,15H,1H3. The maximum Gasteiger partial charge on any atom is 0.409 e. The first-order valence-corrected chi connectivity index (χ1v) is 4.70. The summed E-state index contributed by atoms with van der Waals surface area (Å²) in [4.78, 5) is 4.02. The van der Waals surface area contributed by atoms with Crippen LogP contribution >= 0.6 is 0 Å². The summed E-state index contributed by atoms with van der Waals surface area (Å²) in [7, 11) is 0. The van der Waals surface area contributed by atoms with Crippen molar-refractivity contribution in [3.63, 3.8) is 0 Å². The highest BCUT2D eigenvalue weighted by molar-refractivity contribution is 5.43. The highest BCUT2D eigenvalue weighted by atomic mass is 19.4. The summed E-state index contributed by atoms with van der Waals surface area (Å²) < 4.78 is 37.1. The number of hydrazine groups is 1. The van der Waals surface area contributed by atoms with Crippen molar-refractivity contribution >= 4 is 5.82 Å². The lowest BCUT2D eigenvalue weighted by atomic mass is 10.3. The van der Waals surface area contributed by atoms with E-state index in [0.29, 0.717) is 5.82 Å². The molecule has 3 nitrogen and oxygen atoms in total. The number of rotatable bonds is 1. The molecule has 0 radical (unpaired) electrons. The molecule has 2 heterocycles. The molecule has 86 valence electrons. The van der Waals surface area contributed by atoms with Gasteiger partial charge in [-0.1, -0.05) is 6.07 Å². The molecule has 1 aromatic heterocycles. The third kappa shape index (κ3) is 2.16. The van der Waals surface area contributed by atoms with Crippen LogP contribution in [0.1, 0.15) is 5.56 Å². The van der Waals surface area contributed by atoms with Gasteiger partial charge < -0.3 is 0 Å². The summed E-state index contributed by atoms with van der Waals surface area (Å²) in [6.07, 6.45) is -0.293. The highest BCUT2D eigenvalue weighted by Crippen LogP contribution is 2.25.